The SMILES string of the molecule is Cc1nc(NC2(C)CCOCC2)ncc1C(=O)O. The predicted octanol–water partition coefficient (Wildman–Crippen LogP) is 1.46. The van der Waals surface area contributed by atoms with Crippen LogP contribution in [0, 0.1) is 6.92 Å². The van der Waals surface area contributed by atoms with Gasteiger partial charge in [0.05, 0.1) is 11.3 Å². The number of carboxylic acid groups (broad SMARTS) is 1. The fraction of sp³-hybridized carbons (Fsp3) is 0.583. The molecule has 1 aliphatic heterocycles. The molecule has 0 aliphatic carbocycles. The third kappa shape index (κ3) is 2.76. The van der Waals surface area contributed by atoms with E-state index in [0.717, 1.165) is 26.1 Å². The molecule has 6 heteroatoms. The van der Waals surface area contributed by atoms with Crippen LogP contribution >= 0.6 is 0 Å². The Morgan fingerprint density at radius 3 is 2.72 bits per heavy atom. The summed E-state index contributed by atoms with van der Waals surface area (Å²) in [6.45, 7) is 5.20. The lowest BCUT2D eigenvalue weighted by Gasteiger charge is -2.34. The fourth-order valence-corrected chi connectivity index (χ4v) is 1.95. The molecular weight excluding hydrogens is 234 g/mol. The van der Waals surface area contributed by atoms with Crippen LogP contribution in [-0.4, -0.2) is 39.8 Å². The highest BCUT2D eigenvalue weighted by Crippen LogP contribution is 2.23. The predicted molar refractivity (Wildman–Crippen MR) is 65.8 cm³/mol. The van der Waals surface area contributed by atoms with Crippen molar-refractivity contribution in [1.29, 1.82) is 0 Å². The Morgan fingerprint density at radius 1 is 1.50 bits per heavy atom. The summed E-state index contributed by atoms with van der Waals surface area (Å²) in [6, 6.07) is 0. The second kappa shape index (κ2) is 4.89. The molecule has 1 aromatic heterocycles. The summed E-state index contributed by atoms with van der Waals surface area (Å²) in [7, 11) is 0. The van der Waals surface area contributed by atoms with Crippen molar-refractivity contribution < 1.29 is 14.6 Å². The number of anilines is 1. The lowest BCUT2D eigenvalue weighted by Crippen LogP contribution is -2.41. The minimum absolute atomic E-state index is 0.0879. The molecule has 0 spiro atoms. The number of nitrogens with zero attached hydrogens (tertiary/aromatic N) is 2. The Kier molecular flexibility index (Phi) is 3.47. The van der Waals surface area contributed by atoms with Crippen LogP contribution in [0.3, 0.4) is 0 Å². The first-order valence-corrected chi connectivity index (χ1v) is 5.93. The summed E-state index contributed by atoms with van der Waals surface area (Å²) in [5, 5.41) is 12.2. The standard InChI is InChI=1S/C12H17N3O3/c1-8-9(10(16)17)7-13-11(14-8)15-12(2)3-5-18-6-4-12/h7H,3-6H2,1-2H3,(H,16,17)(H,13,14,15). The number of ether oxygens (including phenoxy) is 1. The van der Waals surface area contributed by atoms with Crippen LogP contribution in [-0.2, 0) is 4.74 Å². The maximum atomic E-state index is 10.9. The van der Waals surface area contributed by atoms with Crippen molar-refractivity contribution in [1.82, 2.24) is 9.97 Å². The summed E-state index contributed by atoms with van der Waals surface area (Å²) in [5.74, 6) is -0.529. The first-order valence-electron chi connectivity index (χ1n) is 5.93. The van der Waals surface area contributed by atoms with Crippen LogP contribution < -0.4 is 5.32 Å². The number of hydrogen-bond donors (Lipinski definition) is 2. The van der Waals surface area contributed by atoms with Crippen LogP contribution in [0.2, 0.25) is 0 Å². The van der Waals surface area contributed by atoms with Gasteiger partial charge >= 0.3 is 5.97 Å². The molecule has 0 aromatic carbocycles. The Balaban J connectivity index is 2.14. The third-order valence-electron chi connectivity index (χ3n) is 3.22. The zero-order chi connectivity index (χ0) is 13.2. The highest BCUT2D eigenvalue weighted by Gasteiger charge is 2.28. The second-order valence-electron chi connectivity index (χ2n) is 4.80. The zero-order valence-electron chi connectivity index (χ0n) is 10.6. The van der Waals surface area contributed by atoms with E-state index >= 15 is 0 Å². The van der Waals surface area contributed by atoms with Gasteiger partial charge in [0.2, 0.25) is 5.95 Å². The van der Waals surface area contributed by atoms with E-state index in [1.54, 1.807) is 6.92 Å². The number of hydrogen-bond acceptors (Lipinski definition) is 5. The van der Waals surface area contributed by atoms with E-state index in [-0.39, 0.29) is 11.1 Å². The molecule has 0 unspecified atom stereocenters. The van der Waals surface area contributed by atoms with E-state index in [9.17, 15) is 4.79 Å². The van der Waals surface area contributed by atoms with E-state index in [1.165, 1.54) is 6.20 Å². The molecule has 0 atom stereocenters. The number of carbonyl (C=O) groups is 1. The largest absolute Gasteiger partial charge is 0.478 e. The van der Waals surface area contributed by atoms with Gasteiger partial charge in [-0.2, -0.15) is 0 Å². The average molecular weight is 251 g/mol. The van der Waals surface area contributed by atoms with Gasteiger partial charge in [-0.05, 0) is 26.7 Å². The topological polar surface area (TPSA) is 84.3 Å². The van der Waals surface area contributed by atoms with Crippen molar-refractivity contribution in [2.45, 2.75) is 32.2 Å². The van der Waals surface area contributed by atoms with Crippen molar-refractivity contribution in [3.8, 4) is 0 Å². The maximum absolute atomic E-state index is 10.9. The molecule has 0 radical (unpaired) electrons. The molecular formula is C12H17N3O3. The summed E-state index contributed by atoms with van der Waals surface area (Å²) < 4.78 is 5.32. The number of aromatic carboxylic acids is 1. The van der Waals surface area contributed by atoms with Crippen LogP contribution in [0.5, 0.6) is 0 Å². The molecule has 18 heavy (non-hydrogen) atoms. The van der Waals surface area contributed by atoms with E-state index < -0.39 is 5.97 Å². The molecule has 1 aromatic rings. The lowest BCUT2D eigenvalue weighted by molar-refractivity contribution is 0.0656. The number of carboxylic acids is 1. The normalized spacial score (nSPS) is 18.3. The molecule has 1 aliphatic rings. The number of aromatic nitrogens is 2. The molecule has 0 amide bonds. The molecule has 98 valence electrons. The van der Waals surface area contributed by atoms with Gasteiger partial charge in [0.25, 0.3) is 0 Å². The van der Waals surface area contributed by atoms with E-state index in [0.29, 0.717) is 11.6 Å². The molecule has 2 N–H and O–H groups in total. The minimum Gasteiger partial charge on any atom is -0.478 e. The van der Waals surface area contributed by atoms with Gasteiger partial charge in [-0.15, -0.1) is 0 Å². The molecule has 2 rings (SSSR count). The van der Waals surface area contributed by atoms with Crippen molar-refractivity contribution in [2.24, 2.45) is 0 Å². The molecule has 0 bridgehead atoms. The second-order valence-corrected chi connectivity index (χ2v) is 4.80. The molecule has 6 nitrogen and oxygen atoms in total. The number of nitrogens with one attached hydrogen (secondary N) is 1. The Labute approximate surface area is 105 Å². The van der Waals surface area contributed by atoms with Crippen LogP contribution in [0.25, 0.3) is 0 Å². The smallest absolute Gasteiger partial charge is 0.339 e. The summed E-state index contributed by atoms with van der Waals surface area (Å²) in [6.07, 6.45) is 3.11. The highest BCUT2D eigenvalue weighted by atomic mass is 16.5. The van der Waals surface area contributed by atoms with E-state index in [4.69, 9.17) is 9.84 Å². The molecule has 0 saturated carbocycles. The average Bonchev–Trinajstić information content (AvgIpc) is 2.28. The lowest BCUT2D eigenvalue weighted by atomic mass is 9.93. The van der Waals surface area contributed by atoms with Crippen molar-refractivity contribution in [3.63, 3.8) is 0 Å². The minimum atomic E-state index is -1.00. The van der Waals surface area contributed by atoms with Gasteiger partial charge in [0.15, 0.2) is 0 Å². The summed E-state index contributed by atoms with van der Waals surface area (Å²) >= 11 is 0. The first kappa shape index (κ1) is 12.8. The summed E-state index contributed by atoms with van der Waals surface area (Å²) in [5.41, 5.74) is 0.517. The highest BCUT2D eigenvalue weighted by molar-refractivity contribution is 5.88. The van der Waals surface area contributed by atoms with Gasteiger partial charge in [-0.1, -0.05) is 0 Å². The van der Waals surface area contributed by atoms with Gasteiger partial charge in [0.1, 0.15) is 0 Å². The Bertz CT molecular complexity index is 456. The summed E-state index contributed by atoms with van der Waals surface area (Å²) in [4.78, 5) is 19.1. The van der Waals surface area contributed by atoms with Crippen molar-refractivity contribution in [2.75, 3.05) is 18.5 Å². The Hall–Kier alpha value is -1.69. The first-order chi connectivity index (χ1) is 8.50. The quantitative estimate of drug-likeness (QED) is 0.846. The zero-order valence-corrected chi connectivity index (χ0v) is 10.6. The van der Waals surface area contributed by atoms with Gasteiger partial charge in [0, 0.05) is 24.9 Å². The van der Waals surface area contributed by atoms with Gasteiger partial charge in [-0.3, -0.25) is 0 Å². The number of aryl methyl sites for hydroxylation is 1. The van der Waals surface area contributed by atoms with Crippen LogP contribution in [0.15, 0.2) is 6.20 Å². The van der Waals surface area contributed by atoms with Crippen molar-refractivity contribution >= 4 is 11.9 Å². The maximum Gasteiger partial charge on any atom is 0.339 e. The molecule has 1 saturated heterocycles. The van der Waals surface area contributed by atoms with Crippen LogP contribution in [0.4, 0.5) is 5.95 Å². The monoisotopic (exact) mass is 251 g/mol. The van der Waals surface area contributed by atoms with Crippen molar-refractivity contribution in [3.05, 3.63) is 17.5 Å². The molecule has 1 fully saturated rings. The Morgan fingerprint density at radius 2 is 2.17 bits per heavy atom. The van der Waals surface area contributed by atoms with E-state index in [1.807, 2.05) is 0 Å². The van der Waals surface area contributed by atoms with Gasteiger partial charge in [-0.25, -0.2) is 14.8 Å². The van der Waals surface area contributed by atoms with E-state index in [2.05, 4.69) is 22.2 Å². The van der Waals surface area contributed by atoms with Gasteiger partial charge < -0.3 is 15.2 Å². The third-order valence-corrected chi connectivity index (χ3v) is 3.22. The van der Waals surface area contributed by atoms with Crippen LogP contribution in [0.1, 0.15) is 35.8 Å². The molecule has 2 heterocycles. The number of rotatable bonds is 3. The fourth-order valence-electron chi connectivity index (χ4n) is 1.95.